The Kier molecular flexibility index (Phi) is 8.95. The fourth-order valence-corrected chi connectivity index (χ4v) is 3.43. The van der Waals surface area contributed by atoms with Crippen molar-refractivity contribution in [1.82, 2.24) is 15.1 Å². The molecule has 8 nitrogen and oxygen atoms in total. The zero-order valence-corrected chi connectivity index (χ0v) is 19.4. The van der Waals surface area contributed by atoms with Crippen molar-refractivity contribution < 1.29 is 19.1 Å². The average Bonchev–Trinajstić information content (AvgIpc) is 2.81. The second-order valence-corrected chi connectivity index (χ2v) is 8.27. The van der Waals surface area contributed by atoms with E-state index in [0.717, 1.165) is 24.0 Å². The number of hydrogen-bond acceptors (Lipinski definition) is 4. The predicted octanol–water partition coefficient (Wildman–Crippen LogP) is 4.24. The van der Waals surface area contributed by atoms with Crippen molar-refractivity contribution in [2.75, 3.05) is 31.6 Å². The first-order chi connectivity index (χ1) is 15.9. The highest BCUT2D eigenvalue weighted by Crippen LogP contribution is 2.14. The molecule has 1 aliphatic rings. The van der Waals surface area contributed by atoms with Gasteiger partial charge in [-0.2, -0.15) is 0 Å². The molecule has 1 saturated heterocycles. The number of unbranched alkanes of at least 4 members (excludes halogenated alkanes) is 1. The molecule has 3 rings (SSSR count). The number of piperazine rings is 1. The van der Waals surface area contributed by atoms with Crippen molar-refractivity contribution in [3.63, 3.8) is 0 Å². The lowest BCUT2D eigenvalue weighted by molar-refractivity contribution is -0.136. The first-order valence-corrected chi connectivity index (χ1v) is 11.4. The highest BCUT2D eigenvalue weighted by Gasteiger charge is 2.27. The molecule has 9 heteroatoms. The molecule has 2 aromatic carbocycles. The van der Waals surface area contributed by atoms with Crippen molar-refractivity contribution in [1.29, 1.82) is 0 Å². The minimum atomic E-state index is -0.429. The van der Waals surface area contributed by atoms with Crippen LogP contribution < -0.4 is 10.6 Å². The fraction of sp³-hybridized carbons (Fsp3) is 0.375. The van der Waals surface area contributed by atoms with Crippen LogP contribution >= 0.6 is 11.6 Å². The normalized spacial score (nSPS) is 13.6. The van der Waals surface area contributed by atoms with Gasteiger partial charge in [-0.1, -0.05) is 49.2 Å². The van der Waals surface area contributed by atoms with E-state index in [0.29, 0.717) is 43.5 Å². The number of nitrogens with zero attached hydrogens (tertiary/aromatic N) is 2. The third-order valence-electron chi connectivity index (χ3n) is 5.25. The second-order valence-electron chi connectivity index (χ2n) is 7.84. The van der Waals surface area contributed by atoms with Gasteiger partial charge < -0.3 is 20.3 Å². The highest BCUT2D eigenvalue weighted by molar-refractivity contribution is 6.30. The van der Waals surface area contributed by atoms with E-state index >= 15 is 0 Å². The van der Waals surface area contributed by atoms with Crippen molar-refractivity contribution in [3.8, 4) is 0 Å². The van der Waals surface area contributed by atoms with Crippen LogP contribution in [0.3, 0.4) is 0 Å². The van der Waals surface area contributed by atoms with Crippen molar-refractivity contribution >= 4 is 35.3 Å². The van der Waals surface area contributed by atoms with Gasteiger partial charge in [0.25, 0.3) is 0 Å². The van der Waals surface area contributed by atoms with Crippen molar-refractivity contribution in [2.24, 2.45) is 0 Å². The Morgan fingerprint density at radius 1 is 1.03 bits per heavy atom. The van der Waals surface area contributed by atoms with Gasteiger partial charge in [-0.25, -0.2) is 9.59 Å². The van der Waals surface area contributed by atoms with Crippen molar-refractivity contribution in [2.45, 2.75) is 32.9 Å². The minimum Gasteiger partial charge on any atom is -0.449 e. The number of benzene rings is 2. The maximum absolute atomic E-state index is 12.5. The highest BCUT2D eigenvalue weighted by atomic mass is 35.5. The summed E-state index contributed by atoms with van der Waals surface area (Å²) in [6.45, 7) is 4.17. The Balaban J connectivity index is 1.42. The summed E-state index contributed by atoms with van der Waals surface area (Å²) in [6, 6.07) is 14.3. The third kappa shape index (κ3) is 7.68. The molecule has 2 N–H and O–H groups in total. The number of amides is 4. The molecule has 0 spiro atoms. The average molecular weight is 473 g/mol. The Bertz CT molecular complexity index is 950. The van der Waals surface area contributed by atoms with Crippen LogP contribution in [0.15, 0.2) is 48.5 Å². The maximum atomic E-state index is 12.5. The lowest BCUT2D eigenvalue weighted by atomic mass is 10.1. The van der Waals surface area contributed by atoms with Crippen LogP contribution in [0.2, 0.25) is 5.02 Å². The van der Waals surface area contributed by atoms with E-state index in [1.807, 2.05) is 31.2 Å². The molecule has 2 aromatic rings. The number of hydrogen-bond donors (Lipinski definition) is 2. The number of urea groups is 1. The largest absolute Gasteiger partial charge is 0.449 e. The first-order valence-electron chi connectivity index (χ1n) is 11.0. The topological polar surface area (TPSA) is 91.0 Å². The monoisotopic (exact) mass is 472 g/mol. The van der Waals surface area contributed by atoms with E-state index < -0.39 is 6.09 Å². The summed E-state index contributed by atoms with van der Waals surface area (Å²) in [5, 5.41) is 6.23. The molecular formula is C24H29ClN4O4. The van der Waals surface area contributed by atoms with Crippen LogP contribution in [-0.4, -0.2) is 54.1 Å². The van der Waals surface area contributed by atoms with Crippen LogP contribution in [0.5, 0.6) is 0 Å². The summed E-state index contributed by atoms with van der Waals surface area (Å²) in [4.78, 5) is 39.8. The number of carbonyl (C=O) groups is 3. The molecule has 1 fully saturated rings. The van der Waals surface area contributed by atoms with Crippen LogP contribution in [0, 0.1) is 0 Å². The quantitative estimate of drug-likeness (QED) is 0.562. The predicted molar refractivity (Wildman–Crippen MR) is 127 cm³/mol. The molecule has 4 amide bonds. The van der Waals surface area contributed by atoms with Gasteiger partial charge in [-0.3, -0.25) is 9.69 Å². The molecule has 1 heterocycles. The lowest BCUT2D eigenvalue weighted by Gasteiger charge is -2.33. The van der Waals surface area contributed by atoms with E-state index in [-0.39, 0.29) is 18.5 Å². The van der Waals surface area contributed by atoms with Gasteiger partial charge >= 0.3 is 12.1 Å². The molecule has 0 unspecified atom stereocenters. The smallest absolute Gasteiger partial charge is 0.410 e. The van der Waals surface area contributed by atoms with E-state index in [2.05, 4.69) is 10.6 Å². The zero-order chi connectivity index (χ0) is 23.6. The summed E-state index contributed by atoms with van der Waals surface area (Å²) >= 11 is 5.86. The van der Waals surface area contributed by atoms with Gasteiger partial charge in [0, 0.05) is 36.9 Å². The molecule has 0 bridgehead atoms. The van der Waals surface area contributed by atoms with Crippen LogP contribution in [0.25, 0.3) is 0 Å². The number of anilines is 1. The summed E-state index contributed by atoms with van der Waals surface area (Å²) in [5.74, 6) is -0.113. The van der Waals surface area contributed by atoms with Gasteiger partial charge in [0.15, 0.2) is 0 Å². The number of rotatable bonds is 8. The molecular weight excluding hydrogens is 444 g/mol. The molecule has 0 radical (unpaired) electrons. The third-order valence-corrected chi connectivity index (χ3v) is 5.50. The minimum absolute atomic E-state index is 0.0262. The fourth-order valence-electron chi connectivity index (χ4n) is 3.30. The molecule has 0 aromatic heterocycles. The lowest BCUT2D eigenvalue weighted by Crippen LogP contribution is -2.51. The number of carbonyl (C=O) groups excluding carboxylic acids is 3. The Labute approximate surface area is 198 Å². The Morgan fingerprint density at radius 3 is 2.39 bits per heavy atom. The van der Waals surface area contributed by atoms with Gasteiger partial charge in [0.2, 0.25) is 5.91 Å². The summed E-state index contributed by atoms with van der Waals surface area (Å²) in [5.41, 5.74) is 2.54. The first kappa shape index (κ1) is 24.4. The number of nitrogens with one attached hydrogen (secondary N) is 2. The molecule has 0 atom stereocenters. The molecule has 0 aliphatic carbocycles. The molecule has 33 heavy (non-hydrogen) atoms. The van der Waals surface area contributed by atoms with E-state index in [4.69, 9.17) is 16.3 Å². The molecule has 1 aliphatic heterocycles. The number of halogens is 1. The van der Waals surface area contributed by atoms with Crippen molar-refractivity contribution in [3.05, 3.63) is 64.7 Å². The second kappa shape index (κ2) is 12.1. The van der Waals surface area contributed by atoms with Crippen LogP contribution in [0.4, 0.5) is 15.3 Å². The van der Waals surface area contributed by atoms with Gasteiger partial charge in [-0.15, -0.1) is 0 Å². The maximum Gasteiger partial charge on any atom is 0.410 e. The summed E-state index contributed by atoms with van der Waals surface area (Å²) < 4.78 is 5.19. The van der Waals surface area contributed by atoms with Gasteiger partial charge in [0.1, 0.15) is 6.54 Å². The van der Waals surface area contributed by atoms with Gasteiger partial charge in [0.05, 0.1) is 6.61 Å². The summed E-state index contributed by atoms with van der Waals surface area (Å²) in [7, 11) is 0. The number of ether oxygens (including phenoxy) is 1. The summed E-state index contributed by atoms with van der Waals surface area (Å²) in [6.07, 6.45) is 1.33. The zero-order valence-electron chi connectivity index (χ0n) is 18.7. The molecule has 176 valence electrons. The standard InChI is InChI=1S/C24H29ClN4O4/c1-2-3-14-33-24(32)29-13-12-28(22(30)17-29)16-19-6-10-21(11-7-19)27-23(31)26-15-18-4-8-20(25)9-5-18/h4-11H,2-3,12-17H2,1H3,(H2,26,27,31). The SMILES string of the molecule is CCCCOC(=O)N1CCN(Cc2ccc(NC(=O)NCc3ccc(Cl)cc3)cc2)C(=O)C1. The van der Waals surface area contributed by atoms with E-state index in [1.165, 1.54) is 4.90 Å². The molecule has 0 saturated carbocycles. The Morgan fingerprint density at radius 2 is 1.73 bits per heavy atom. The van der Waals surface area contributed by atoms with E-state index in [9.17, 15) is 14.4 Å². The van der Waals surface area contributed by atoms with Gasteiger partial charge in [-0.05, 0) is 41.8 Å². The van der Waals surface area contributed by atoms with E-state index in [1.54, 1.807) is 29.2 Å². The van der Waals surface area contributed by atoms with Crippen LogP contribution in [0.1, 0.15) is 30.9 Å². The van der Waals surface area contributed by atoms with Crippen LogP contribution in [-0.2, 0) is 22.6 Å². The Hall–Kier alpha value is -3.26.